The van der Waals surface area contributed by atoms with Crippen molar-refractivity contribution >= 4 is 22.4 Å². The Bertz CT molecular complexity index is 847. The fourth-order valence-corrected chi connectivity index (χ4v) is 2.05. The van der Waals surface area contributed by atoms with Crippen LogP contribution < -0.4 is 11.5 Å². The van der Waals surface area contributed by atoms with Crippen LogP contribution in [0, 0.1) is 12.3 Å². The van der Waals surface area contributed by atoms with Crippen LogP contribution in [-0.2, 0) is 0 Å². The SMILES string of the molecule is C#Cc1cccc(-c2nc(N)c3cc(N)ccc3n2)c1. The van der Waals surface area contributed by atoms with Crippen LogP contribution in [0.4, 0.5) is 11.5 Å². The van der Waals surface area contributed by atoms with E-state index in [4.69, 9.17) is 17.9 Å². The molecule has 0 unspecified atom stereocenters. The maximum atomic E-state index is 5.99. The summed E-state index contributed by atoms with van der Waals surface area (Å²) in [4.78, 5) is 8.84. The molecule has 0 amide bonds. The van der Waals surface area contributed by atoms with Crippen LogP contribution in [0.5, 0.6) is 0 Å². The molecule has 0 bridgehead atoms. The fourth-order valence-electron chi connectivity index (χ4n) is 2.05. The molecule has 0 aliphatic heterocycles. The number of benzene rings is 2. The van der Waals surface area contributed by atoms with Crippen LogP contribution in [0.3, 0.4) is 0 Å². The van der Waals surface area contributed by atoms with Crippen molar-refractivity contribution in [1.29, 1.82) is 0 Å². The minimum atomic E-state index is 0.406. The topological polar surface area (TPSA) is 77.8 Å². The van der Waals surface area contributed by atoms with E-state index < -0.39 is 0 Å². The monoisotopic (exact) mass is 260 g/mol. The van der Waals surface area contributed by atoms with E-state index >= 15 is 0 Å². The summed E-state index contributed by atoms with van der Waals surface area (Å²) in [5, 5.41) is 0.752. The summed E-state index contributed by atoms with van der Waals surface area (Å²) in [6, 6.07) is 12.9. The van der Waals surface area contributed by atoms with Gasteiger partial charge < -0.3 is 11.5 Å². The van der Waals surface area contributed by atoms with Crippen molar-refractivity contribution in [3.8, 4) is 23.7 Å². The smallest absolute Gasteiger partial charge is 0.162 e. The van der Waals surface area contributed by atoms with Gasteiger partial charge in [0.15, 0.2) is 5.82 Å². The maximum Gasteiger partial charge on any atom is 0.162 e. The van der Waals surface area contributed by atoms with Gasteiger partial charge >= 0.3 is 0 Å². The molecule has 2 aromatic carbocycles. The number of terminal acetylenes is 1. The second-order valence-electron chi connectivity index (χ2n) is 4.43. The first-order chi connectivity index (χ1) is 9.67. The predicted octanol–water partition coefficient (Wildman–Crippen LogP) is 2.44. The van der Waals surface area contributed by atoms with Gasteiger partial charge in [-0.1, -0.05) is 18.1 Å². The Balaban J connectivity index is 2.22. The van der Waals surface area contributed by atoms with E-state index in [9.17, 15) is 0 Å². The molecule has 1 heterocycles. The van der Waals surface area contributed by atoms with Crippen LogP contribution in [0.15, 0.2) is 42.5 Å². The lowest BCUT2D eigenvalue weighted by Gasteiger charge is -2.06. The molecule has 0 radical (unpaired) electrons. The third kappa shape index (κ3) is 2.02. The molecule has 3 rings (SSSR count). The standard InChI is InChI=1S/C16H12N4/c1-2-10-4-3-5-11(8-10)16-19-14-7-6-12(17)9-13(14)15(18)20-16/h1,3-9H,17H2,(H2,18,19,20). The lowest BCUT2D eigenvalue weighted by Crippen LogP contribution is -1.98. The molecule has 4 N–H and O–H groups in total. The number of nitrogens with zero attached hydrogens (tertiary/aromatic N) is 2. The molecular weight excluding hydrogens is 248 g/mol. The van der Waals surface area contributed by atoms with Gasteiger partial charge in [0.25, 0.3) is 0 Å². The summed E-state index contributed by atoms with van der Waals surface area (Å²) < 4.78 is 0. The van der Waals surface area contributed by atoms with E-state index in [1.165, 1.54) is 0 Å². The third-order valence-electron chi connectivity index (χ3n) is 3.04. The molecule has 0 spiro atoms. The average molecular weight is 260 g/mol. The van der Waals surface area contributed by atoms with Gasteiger partial charge in [0, 0.05) is 22.2 Å². The summed E-state index contributed by atoms with van der Waals surface area (Å²) in [6.45, 7) is 0. The number of rotatable bonds is 1. The molecule has 4 heteroatoms. The van der Waals surface area contributed by atoms with Gasteiger partial charge in [0.2, 0.25) is 0 Å². The van der Waals surface area contributed by atoms with Crippen LogP contribution in [0.25, 0.3) is 22.3 Å². The molecule has 0 saturated carbocycles. The minimum Gasteiger partial charge on any atom is -0.399 e. The zero-order valence-electron chi connectivity index (χ0n) is 10.7. The van der Waals surface area contributed by atoms with Gasteiger partial charge in [0.05, 0.1) is 5.52 Å². The Kier molecular flexibility index (Phi) is 2.73. The van der Waals surface area contributed by atoms with E-state index in [0.717, 1.165) is 22.0 Å². The normalized spacial score (nSPS) is 10.3. The van der Waals surface area contributed by atoms with Crippen molar-refractivity contribution in [2.75, 3.05) is 11.5 Å². The summed E-state index contributed by atoms with van der Waals surface area (Å²) >= 11 is 0. The Morgan fingerprint density at radius 3 is 2.65 bits per heavy atom. The summed E-state index contributed by atoms with van der Waals surface area (Å²) in [7, 11) is 0. The van der Waals surface area contributed by atoms with Crippen molar-refractivity contribution in [3.63, 3.8) is 0 Å². The fraction of sp³-hybridized carbons (Fsp3) is 0. The predicted molar refractivity (Wildman–Crippen MR) is 81.7 cm³/mol. The highest BCUT2D eigenvalue weighted by Gasteiger charge is 2.08. The first kappa shape index (κ1) is 12.0. The van der Waals surface area contributed by atoms with Crippen LogP contribution in [0.2, 0.25) is 0 Å². The van der Waals surface area contributed by atoms with Crippen LogP contribution >= 0.6 is 0 Å². The minimum absolute atomic E-state index is 0.406. The van der Waals surface area contributed by atoms with E-state index in [1.54, 1.807) is 12.1 Å². The summed E-state index contributed by atoms with van der Waals surface area (Å²) in [5.74, 6) is 3.55. The Labute approximate surface area is 116 Å². The second kappa shape index (κ2) is 4.56. The third-order valence-corrected chi connectivity index (χ3v) is 3.04. The Morgan fingerprint density at radius 2 is 1.85 bits per heavy atom. The largest absolute Gasteiger partial charge is 0.399 e. The summed E-state index contributed by atoms with van der Waals surface area (Å²) in [5.41, 5.74) is 14.7. The van der Waals surface area contributed by atoms with Crippen LogP contribution in [-0.4, -0.2) is 9.97 Å². The van der Waals surface area contributed by atoms with Gasteiger partial charge in [-0.15, -0.1) is 6.42 Å². The van der Waals surface area contributed by atoms with Gasteiger partial charge in [-0.05, 0) is 30.3 Å². The molecule has 96 valence electrons. The van der Waals surface area contributed by atoms with E-state index in [0.29, 0.717) is 17.3 Å². The number of nitrogens with two attached hydrogens (primary N) is 2. The zero-order chi connectivity index (χ0) is 14.1. The van der Waals surface area contributed by atoms with Crippen molar-refractivity contribution in [3.05, 3.63) is 48.0 Å². The Hall–Kier alpha value is -3.06. The molecule has 1 aromatic heterocycles. The molecule has 0 fully saturated rings. The highest BCUT2D eigenvalue weighted by atomic mass is 14.9. The van der Waals surface area contributed by atoms with Crippen molar-refractivity contribution < 1.29 is 0 Å². The quantitative estimate of drug-likeness (QED) is 0.520. The molecule has 0 aliphatic rings. The van der Waals surface area contributed by atoms with E-state index in [2.05, 4.69) is 15.9 Å². The number of hydrogen-bond acceptors (Lipinski definition) is 4. The molecule has 0 aliphatic carbocycles. The van der Waals surface area contributed by atoms with Gasteiger partial charge in [0.1, 0.15) is 5.82 Å². The number of fused-ring (bicyclic) bond motifs is 1. The zero-order valence-corrected chi connectivity index (χ0v) is 10.7. The first-order valence-electron chi connectivity index (χ1n) is 6.07. The highest BCUT2D eigenvalue weighted by molar-refractivity contribution is 5.91. The van der Waals surface area contributed by atoms with Gasteiger partial charge in [-0.2, -0.15) is 0 Å². The molecule has 3 aromatic rings. The Morgan fingerprint density at radius 1 is 1.00 bits per heavy atom. The summed E-state index contributed by atoms with van der Waals surface area (Å²) in [6.07, 6.45) is 5.40. The second-order valence-corrected chi connectivity index (χ2v) is 4.43. The van der Waals surface area contributed by atoms with E-state index in [-0.39, 0.29) is 0 Å². The maximum absolute atomic E-state index is 5.99. The lowest BCUT2D eigenvalue weighted by molar-refractivity contribution is 1.23. The van der Waals surface area contributed by atoms with Gasteiger partial charge in [-0.3, -0.25) is 0 Å². The van der Waals surface area contributed by atoms with Crippen molar-refractivity contribution in [2.24, 2.45) is 0 Å². The van der Waals surface area contributed by atoms with Crippen LogP contribution in [0.1, 0.15) is 5.56 Å². The van der Waals surface area contributed by atoms with Crippen molar-refractivity contribution in [1.82, 2.24) is 9.97 Å². The van der Waals surface area contributed by atoms with Gasteiger partial charge in [-0.25, -0.2) is 9.97 Å². The number of nitrogen functional groups attached to an aromatic ring is 2. The molecule has 0 saturated heterocycles. The number of aromatic nitrogens is 2. The number of anilines is 2. The molecule has 4 nitrogen and oxygen atoms in total. The first-order valence-corrected chi connectivity index (χ1v) is 6.07. The molecular formula is C16H12N4. The molecule has 0 atom stereocenters. The average Bonchev–Trinajstić information content (AvgIpc) is 2.48. The van der Waals surface area contributed by atoms with Crippen molar-refractivity contribution in [2.45, 2.75) is 0 Å². The molecule has 20 heavy (non-hydrogen) atoms. The highest BCUT2D eigenvalue weighted by Crippen LogP contribution is 2.25. The number of hydrogen-bond donors (Lipinski definition) is 2. The lowest BCUT2D eigenvalue weighted by atomic mass is 10.1. The van der Waals surface area contributed by atoms with E-state index in [1.807, 2.05) is 30.3 Å².